The lowest BCUT2D eigenvalue weighted by atomic mass is 10.1. The molecule has 0 spiro atoms. The number of anilines is 1. The molecule has 2 aromatic carbocycles. The van der Waals surface area contributed by atoms with E-state index >= 15 is 0 Å². The first-order valence-corrected chi connectivity index (χ1v) is 11.0. The zero-order chi connectivity index (χ0) is 26.0. The summed E-state index contributed by atoms with van der Waals surface area (Å²) in [6.45, 7) is 1.01. The largest absolute Gasteiger partial charge is 0.493 e. The molecule has 0 unspecified atom stereocenters. The van der Waals surface area contributed by atoms with Gasteiger partial charge in [-0.05, 0) is 42.8 Å². The normalized spacial score (nSPS) is 11.5. The van der Waals surface area contributed by atoms with Gasteiger partial charge in [-0.15, -0.1) is 10.2 Å². The van der Waals surface area contributed by atoms with Crippen molar-refractivity contribution in [1.29, 1.82) is 5.26 Å². The molecular weight excluding hydrogens is 491 g/mol. The van der Waals surface area contributed by atoms with E-state index in [2.05, 4.69) is 15.5 Å². The number of sulfonamides is 1. The van der Waals surface area contributed by atoms with Crippen LogP contribution in [0.1, 0.15) is 27.2 Å². The number of rotatable bonds is 6. The van der Waals surface area contributed by atoms with Gasteiger partial charge in [-0.25, -0.2) is 13.6 Å². The van der Waals surface area contributed by atoms with Gasteiger partial charge in [0, 0.05) is 11.8 Å². The lowest BCUT2D eigenvalue weighted by molar-refractivity contribution is -0.142. The molecule has 14 heteroatoms. The topological polar surface area (TPSA) is 157 Å². The maximum absolute atomic E-state index is 13.5. The van der Waals surface area contributed by atoms with E-state index in [0.717, 1.165) is 13.0 Å². The Labute approximate surface area is 197 Å². The molecule has 10 nitrogen and oxygen atoms in total. The number of alkyl halides is 3. The maximum Gasteiger partial charge on any atom is 0.435 e. The van der Waals surface area contributed by atoms with Gasteiger partial charge in [0.05, 0.1) is 23.6 Å². The summed E-state index contributed by atoms with van der Waals surface area (Å²) < 4.78 is 74.2. The lowest BCUT2D eigenvalue weighted by Crippen LogP contribution is -2.21. The third-order valence-corrected chi connectivity index (χ3v) is 5.51. The fourth-order valence-electron chi connectivity index (χ4n) is 2.98. The number of hydrogen-bond acceptors (Lipinski definition) is 8. The zero-order valence-electron chi connectivity index (χ0n) is 18.0. The smallest absolute Gasteiger partial charge is 0.435 e. The maximum atomic E-state index is 13.5. The van der Waals surface area contributed by atoms with Crippen LogP contribution in [0.5, 0.6) is 17.4 Å². The first kappa shape index (κ1) is 25.4. The van der Waals surface area contributed by atoms with E-state index in [-0.39, 0.29) is 27.6 Å². The standard InChI is InChI=1S/C21H16F3N5O5S/c1-11-17(19(30)27-13-4-3-5-14(9-13)35(26,31)32)20(29-28-18(11)21(22,23)24)34-15-7-6-12(10-25)8-16(15)33-2/h3-9H,1-2H3,(H,27,30)(H2,26,31,32). The highest BCUT2D eigenvalue weighted by Crippen LogP contribution is 2.37. The molecule has 0 aliphatic heterocycles. The van der Waals surface area contributed by atoms with Crippen LogP contribution in [-0.4, -0.2) is 31.6 Å². The Bertz CT molecular complexity index is 1450. The molecule has 0 saturated heterocycles. The summed E-state index contributed by atoms with van der Waals surface area (Å²) >= 11 is 0. The number of primary sulfonamides is 1. The van der Waals surface area contributed by atoms with E-state index in [0.29, 0.717) is 0 Å². The van der Waals surface area contributed by atoms with Gasteiger partial charge in [0.2, 0.25) is 10.0 Å². The summed E-state index contributed by atoms with van der Waals surface area (Å²) in [4.78, 5) is 12.7. The van der Waals surface area contributed by atoms with Gasteiger partial charge in [-0.1, -0.05) is 6.07 Å². The molecule has 1 heterocycles. The summed E-state index contributed by atoms with van der Waals surface area (Å²) in [5.74, 6) is -1.67. The molecule has 0 bridgehead atoms. The number of aromatic nitrogens is 2. The van der Waals surface area contributed by atoms with Crippen LogP contribution >= 0.6 is 0 Å². The Kier molecular flexibility index (Phi) is 6.94. The molecule has 3 rings (SSSR count). The second kappa shape index (κ2) is 9.57. The number of benzene rings is 2. The number of hydrogen-bond donors (Lipinski definition) is 2. The fourth-order valence-corrected chi connectivity index (χ4v) is 3.54. The number of nitrogens with two attached hydrogens (primary N) is 1. The van der Waals surface area contributed by atoms with E-state index < -0.39 is 44.8 Å². The number of ether oxygens (including phenoxy) is 2. The monoisotopic (exact) mass is 507 g/mol. The summed E-state index contributed by atoms with van der Waals surface area (Å²) in [5.41, 5.74) is -2.46. The van der Waals surface area contributed by atoms with Crippen LogP contribution in [0.2, 0.25) is 0 Å². The van der Waals surface area contributed by atoms with Crippen molar-refractivity contribution in [2.75, 3.05) is 12.4 Å². The highest BCUT2D eigenvalue weighted by Gasteiger charge is 2.38. The van der Waals surface area contributed by atoms with E-state index in [1.807, 2.05) is 6.07 Å². The Morgan fingerprint density at radius 3 is 2.46 bits per heavy atom. The van der Waals surface area contributed by atoms with Crippen molar-refractivity contribution in [3.05, 3.63) is 64.8 Å². The predicted molar refractivity (Wildman–Crippen MR) is 115 cm³/mol. The average molecular weight is 507 g/mol. The molecule has 0 aliphatic carbocycles. The van der Waals surface area contributed by atoms with Gasteiger partial charge in [-0.2, -0.15) is 18.4 Å². The first-order valence-electron chi connectivity index (χ1n) is 9.50. The lowest BCUT2D eigenvalue weighted by Gasteiger charge is -2.17. The molecule has 35 heavy (non-hydrogen) atoms. The number of carbonyl (C=O) groups excluding carboxylic acids is 1. The molecule has 3 aromatic rings. The number of nitrogens with zero attached hydrogens (tertiary/aromatic N) is 3. The second-order valence-electron chi connectivity index (χ2n) is 6.96. The molecule has 1 aromatic heterocycles. The predicted octanol–water partition coefficient (Wildman–Crippen LogP) is 3.38. The number of halogens is 3. The van der Waals surface area contributed by atoms with Gasteiger partial charge >= 0.3 is 6.18 Å². The highest BCUT2D eigenvalue weighted by atomic mass is 32.2. The van der Waals surface area contributed by atoms with Gasteiger partial charge < -0.3 is 14.8 Å². The minimum Gasteiger partial charge on any atom is -0.493 e. The molecule has 0 saturated carbocycles. The number of nitriles is 1. The van der Waals surface area contributed by atoms with Gasteiger partial charge in [-0.3, -0.25) is 4.79 Å². The molecule has 0 aliphatic rings. The molecule has 0 radical (unpaired) electrons. The van der Waals surface area contributed by atoms with Crippen LogP contribution in [0.4, 0.5) is 18.9 Å². The van der Waals surface area contributed by atoms with Crippen LogP contribution in [0.3, 0.4) is 0 Å². The van der Waals surface area contributed by atoms with Gasteiger partial charge in [0.15, 0.2) is 17.2 Å². The average Bonchev–Trinajstić information content (AvgIpc) is 2.78. The SMILES string of the molecule is COc1cc(C#N)ccc1Oc1nnc(C(F)(F)F)c(C)c1C(=O)Nc1cccc(S(N)(=O)=O)c1. The van der Waals surface area contributed by atoms with Gasteiger partial charge in [0.1, 0.15) is 5.56 Å². The third-order valence-electron chi connectivity index (χ3n) is 4.60. The number of nitrogens with one attached hydrogen (secondary N) is 1. The molecule has 3 N–H and O–H groups in total. The minimum atomic E-state index is -4.93. The molecule has 0 atom stereocenters. The van der Waals surface area contributed by atoms with Crippen LogP contribution in [-0.2, 0) is 16.2 Å². The van der Waals surface area contributed by atoms with E-state index in [4.69, 9.17) is 19.9 Å². The summed E-state index contributed by atoms with van der Waals surface area (Å²) in [6, 6.07) is 10.7. The Hall–Kier alpha value is -4.22. The molecular formula is C21H16F3N5O5S. The van der Waals surface area contributed by atoms with Crippen LogP contribution in [0.25, 0.3) is 0 Å². The second-order valence-corrected chi connectivity index (χ2v) is 8.52. The first-order chi connectivity index (χ1) is 16.3. The Morgan fingerprint density at radius 2 is 1.86 bits per heavy atom. The summed E-state index contributed by atoms with van der Waals surface area (Å²) in [5, 5.41) is 23.0. The van der Waals surface area contributed by atoms with Crippen molar-refractivity contribution in [3.63, 3.8) is 0 Å². The van der Waals surface area contributed by atoms with Crippen LogP contribution in [0.15, 0.2) is 47.4 Å². The number of amides is 1. The Balaban J connectivity index is 2.10. The van der Waals surface area contributed by atoms with Crippen molar-refractivity contribution in [2.24, 2.45) is 5.14 Å². The zero-order valence-corrected chi connectivity index (χ0v) is 18.9. The van der Waals surface area contributed by atoms with Gasteiger partial charge in [0.25, 0.3) is 11.8 Å². The summed E-state index contributed by atoms with van der Waals surface area (Å²) in [6.07, 6.45) is -4.93. The third kappa shape index (κ3) is 5.65. The quantitative estimate of drug-likeness (QED) is 0.514. The van der Waals surface area contributed by atoms with Crippen molar-refractivity contribution < 1.29 is 35.9 Å². The molecule has 1 amide bonds. The van der Waals surface area contributed by atoms with Crippen LogP contribution < -0.4 is 19.9 Å². The van der Waals surface area contributed by atoms with Crippen molar-refractivity contribution in [2.45, 2.75) is 18.0 Å². The van der Waals surface area contributed by atoms with Crippen LogP contribution in [0, 0.1) is 18.3 Å². The van der Waals surface area contributed by atoms with E-state index in [1.165, 1.54) is 43.5 Å². The van der Waals surface area contributed by atoms with Crippen molar-refractivity contribution >= 4 is 21.6 Å². The van der Waals surface area contributed by atoms with Crippen molar-refractivity contribution in [3.8, 4) is 23.4 Å². The molecule has 0 fully saturated rings. The molecule has 182 valence electrons. The fraction of sp³-hybridized carbons (Fsp3) is 0.143. The minimum absolute atomic E-state index is 0.0507. The Morgan fingerprint density at radius 1 is 1.14 bits per heavy atom. The van der Waals surface area contributed by atoms with E-state index in [1.54, 1.807) is 0 Å². The highest BCUT2D eigenvalue weighted by molar-refractivity contribution is 7.89. The van der Waals surface area contributed by atoms with Crippen molar-refractivity contribution in [1.82, 2.24) is 10.2 Å². The number of carbonyl (C=O) groups is 1. The van der Waals surface area contributed by atoms with E-state index in [9.17, 15) is 26.4 Å². The number of methoxy groups -OCH3 is 1. The summed E-state index contributed by atoms with van der Waals surface area (Å²) in [7, 11) is -2.83.